The molecule has 202 valence electrons. The largest absolute Gasteiger partial charge is 0.309 e. The zero-order chi connectivity index (χ0) is 45.0. The molecule has 0 bridgehead atoms. The standard InChI is InChI=1S/C37H26N2O2S/c1-25-15-19-29(20-16-25)42(40,41)39-35-14-8-6-12-31(35)33-24-28(18-22-36(33)39)38-34-13-7-5-11-30(34)32-21-17-27(23-37(32)38)26-9-3-2-4-10-26/h2-24H,1H3/i2D,3D,4D,5D,6D,7D,8D,9D,10D,11D,12D,13D,14D,17D,18D,21D,22D,23D,24D. The second-order valence-corrected chi connectivity index (χ2v) is 11.1. The first-order valence-corrected chi connectivity index (χ1v) is 13.8. The Hall–Kier alpha value is -5.13. The Morgan fingerprint density at radius 1 is 0.548 bits per heavy atom. The summed E-state index contributed by atoms with van der Waals surface area (Å²) in [4.78, 5) is -0.377. The molecule has 42 heavy (non-hydrogen) atoms. The Bertz CT molecular complexity index is 3460. The fourth-order valence-electron chi connectivity index (χ4n) is 4.88. The maximum Gasteiger partial charge on any atom is 0.268 e. The Morgan fingerprint density at radius 3 is 1.93 bits per heavy atom. The Morgan fingerprint density at radius 2 is 1.17 bits per heavy atom. The van der Waals surface area contributed by atoms with Gasteiger partial charge in [0.2, 0.25) is 0 Å². The minimum Gasteiger partial charge on any atom is -0.309 e. The molecule has 0 amide bonds. The molecule has 6 aromatic carbocycles. The molecule has 0 spiro atoms. The van der Waals surface area contributed by atoms with Crippen molar-refractivity contribution < 1.29 is 34.5 Å². The molecule has 0 aliphatic carbocycles. The van der Waals surface area contributed by atoms with Crippen LogP contribution < -0.4 is 0 Å². The highest BCUT2D eigenvalue weighted by Crippen LogP contribution is 2.38. The average molecular weight is 582 g/mol. The number of nitrogens with zero attached hydrogens (tertiary/aromatic N) is 2. The number of para-hydroxylation sites is 2. The number of rotatable bonds is 4. The van der Waals surface area contributed by atoms with Crippen LogP contribution in [0.15, 0.2) is 144 Å². The SMILES string of the molecule is [2H]c1c([2H])c([2H])c(-c2c([2H])c([2H])c3c4c([2H])c([2H])c([2H])c([2H])c4n(-c4c([2H])c([2H])c5c(c4[2H])c4c([2H])c([2H])c([2H])c([2H])c4n5S(=O)(=O)c4ccc(C)cc4)c3c2[2H])c([2H])c1[2H]. The van der Waals surface area contributed by atoms with Gasteiger partial charge in [0.1, 0.15) is 0 Å². The molecule has 0 unspecified atom stereocenters. The molecular weight excluding hydrogens is 536 g/mol. The zero-order valence-corrected chi connectivity index (χ0v) is 22.2. The lowest BCUT2D eigenvalue weighted by Crippen LogP contribution is -2.12. The summed E-state index contributed by atoms with van der Waals surface area (Å²) < 4.78 is 198. The molecule has 0 atom stereocenters. The van der Waals surface area contributed by atoms with Gasteiger partial charge < -0.3 is 4.57 Å². The van der Waals surface area contributed by atoms with Gasteiger partial charge in [-0.15, -0.1) is 0 Å². The van der Waals surface area contributed by atoms with E-state index in [4.69, 9.17) is 19.2 Å². The van der Waals surface area contributed by atoms with Crippen molar-refractivity contribution in [2.75, 3.05) is 0 Å². The van der Waals surface area contributed by atoms with E-state index in [0.717, 1.165) is 4.57 Å². The molecule has 0 aliphatic rings. The van der Waals surface area contributed by atoms with Gasteiger partial charge in [-0.05, 0) is 66.4 Å². The fraction of sp³-hybridized carbons (Fsp3) is 0.0270. The predicted molar refractivity (Wildman–Crippen MR) is 173 cm³/mol. The van der Waals surface area contributed by atoms with Crippen molar-refractivity contribution in [3.63, 3.8) is 0 Å². The Kier molecular flexibility index (Phi) is 2.63. The third-order valence-corrected chi connectivity index (χ3v) is 8.51. The van der Waals surface area contributed by atoms with Crippen molar-refractivity contribution in [1.29, 1.82) is 0 Å². The van der Waals surface area contributed by atoms with Crippen LogP contribution in [0.5, 0.6) is 0 Å². The number of hydrogen-bond acceptors (Lipinski definition) is 2. The Balaban J connectivity index is 1.69. The molecule has 8 rings (SSSR count). The highest BCUT2D eigenvalue weighted by atomic mass is 32.2. The summed E-state index contributed by atoms with van der Waals surface area (Å²) >= 11 is 0. The molecule has 4 nitrogen and oxygen atoms in total. The van der Waals surface area contributed by atoms with Crippen LogP contribution in [0.25, 0.3) is 60.4 Å². The summed E-state index contributed by atoms with van der Waals surface area (Å²) in [6, 6.07) is -11.1. The smallest absolute Gasteiger partial charge is 0.268 e. The van der Waals surface area contributed by atoms with E-state index in [2.05, 4.69) is 0 Å². The molecule has 2 heterocycles. The number of fused-ring (bicyclic) bond motifs is 6. The van der Waals surface area contributed by atoms with Crippen LogP contribution in [-0.2, 0) is 10.0 Å². The lowest BCUT2D eigenvalue weighted by molar-refractivity contribution is 0.590. The first-order valence-electron chi connectivity index (χ1n) is 21.9. The summed E-state index contributed by atoms with van der Waals surface area (Å²) in [5, 5.41) is -2.17. The van der Waals surface area contributed by atoms with Gasteiger partial charge in [-0.2, -0.15) is 0 Å². The molecular formula is C37H26N2O2S. The molecule has 2 aromatic heterocycles. The molecule has 0 saturated carbocycles. The second-order valence-electron chi connectivity index (χ2n) is 9.29. The average Bonchev–Trinajstić information content (AvgIpc) is 3.78. The lowest BCUT2D eigenvalue weighted by Gasteiger charge is -2.11. The summed E-state index contributed by atoms with van der Waals surface area (Å²) in [6.07, 6.45) is 0. The van der Waals surface area contributed by atoms with E-state index in [-0.39, 0.29) is 4.90 Å². The molecule has 0 N–H and O–H groups in total. The lowest BCUT2D eigenvalue weighted by atomic mass is 10.0. The minimum absolute atomic E-state index is 0.377. The van der Waals surface area contributed by atoms with Gasteiger partial charge in [0, 0.05) is 27.2 Å². The van der Waals surface area contributed by atoms with Crippen molar-refractivity contribution in [3.8, 4) is 16.8 Å². The van der Waals surface area contributed by atoms with Crippen molar-refractivity contribution >= 4 is 53.6 Å². The van der Waals surface area contributed by atoms with Gasteiger partial charge in [-0.25, -0.2) is 12.4 Å². The van der Waals surface area contributed by atoms with Crippen molar-refractivity contribution in [3.05, 3.63) is 145 Å². The van der Waals surface area contributed by atoms with Crippen LogP contribution >= 0.6 is 0 Å². The van der Waals surface area contributed by atoms with E-state index >= 15 is 0 Å². The first kappa shape index (κ1) is 12.0. The quantitative estimate of drug-likeness (QED) is 0.208. The van der Waals surface area contributed by atoms with E-state index in [1.54, 1.807) is 6.92 Å². The number of aromatic nitrogens is 2. The maximum absolute atomic E-state index is 14.6. The zero-order valence-electron chi connectivity index (χ0n) is 40.4. The van der Waals surface area contributed by atoms with Crippen molar-refractivity contribution in [2.24, 2.45) is 0 Å². The van der Waals surface area contributed by atoms with E-state index in [1.165, 1.54) is 24.3 Å². The van der Waals surface area contributed by atoms with Crippen LogP contribution in [0, 0.1) is 6.92 Å². The maximum atomic E-state index is 14.6. The van der Waals surface area contributed by atoms with Crippen molar-refractivity contribution in [2.45, 2.75) is 11.8 Å². The third kappa shape index (κ3) is 3.64. The van der Waals surface area contributed by atoms with Crippen LogP contribution in [0.2, 0.25) is 0 Å². The van der Waals surface area contributed by atoms with Gasteiger partial charge in [0.05, 0.1) is 53.0 Å². The number of aryl methyl sites for hydroxylation is 1. The van der Waals surface area contributed by atoms with E-state index < -0.39 is 185 Å². The van der Waals surface area contributed by atoms with Gasteiger partial charge in [0.25, 0.3) is 10.0 Å². The number of benzene rings is 6. The van der Waals surface area contributed by atoms with Gasteiger partial charge in [0.15, 0.2) is 0 Å². The van der Waals surface area contributed by atoms with Crippen molar-refractivity contribution in [1.82, 2.24) is 8.54 Å². The molecule has 0 radical (unpaired) electrons. The highest BCUT2D eigenvalue weighted by Gasteiger charge is 2.24. The monoisotopic (exact) mass is 581 g/mol. The summed E-state index contributed by atoms with van der Waals surface area (Å²) in [7, 11) is -4.90. The van der Waals surface area contributed by atoms with Gasteiger partial charge >= 0.3 is 0 Å². The predicted octanol–water partition coefficient (Wildman–Crippen LogP) is 9.10. The van der Waals surface area contributed by atoms with Crippen LogP contribution in [0.3, 0.4) is 0 Å². The fourth-order valence-corrected chi connectivity index (χ4v) is 6.32. The molecule has 8 aromatic rings. The van der Waals surface area contributed by atoms with E-state index in [0.29, 0.717) is 9.54 Å². The van der Waals surface area contributed by atoms with Gasteiger partial charge in [-0.3, -0.25) is 0 Å². The van der Waals surface area contributed by atoms with E-state index in [9.17, 15) is 15.3 Å². The molecule has 0 saturated heterocycles. The summed E-state index contributed by atoms with van der Waals surface area (Å²) in [5.41, 5.74) is -4.12. The van der Waals surface area contributed by atoms with Crippen LogP contribution in [0.4, 0.5) is 0 Å². The highest BCUT2D eigenvalue weighted by molar-refractivity contribution is 7.90. The topological polar surface area (TPSA) is 44.0 Å². The number of hydrogen-bond donors (Lipinski definition) is 0. The normalized spacial score (nSPS) is 18.5. The van der Waals surface area contributed by atoms with Crippen LogP contribution in [-0.4, -0.2) is 17.0 Å². The second kappa shape index (κ2) is 9.20. The molecule has 0 fully saturated rings. The molecule has 0 aliphatic heterocycles. The minimum atomic E-state index is -4.90. The Labute approximate surface area is 270 Å². The summed E-state index contributed by atoms with van der Waals surface area (Å²) in [5.74, 6) is 0. The molecule has 5 heteroatoms. The first-order chi connectivity index (χ1) is 28.4. The van der Waals surface area contributed by atoms with E-state index in [1.807, 2.05) is 0 Å². The third-order valence-electron chi connectivity index (χ3n) is 6.79. The van der Waals surface area contributed by atoms with Crippen LogP contribution in [0.1, 0.15) is 31.6 Å². The summed E-state index contributed by atoms with van der Waals surface area (Å²) in [6.45, 7) is 1.69. The van der Waals surface area contributed by atoms with Gasteiger partial charge in [-0.1, -0.05) is 96.2 Å².